The minimum atomic E-state index is -0.909. The number of benzene rings is 2. The molecule has 1 unspecified atom stereocenters. The summed E-state index contributed by atoms with van der Waals surface area (Å²) >= 11 is 0. The van der Waals surface area contributed by atoms with Crippen LogP contribution in [0.15, 0.2) is 48.5 Å². The van der Waals surface area contributed by atoms with E-state index in [4.69, 9.17) is 9.47 Å². The number of para-hydroxylation sites is 2. The number of ether oxygens (including phenoxy) is 2. The summed E-state index contributed by atoms with van der Waals surface area (Å²) in [4.78, 5) is 7.70. The van der Waals surface area contributed by atoms with E-state index in [1.54, 1.807) is 12.1 Å². The minimum Gasteiger partial charge on any atom is -0.486 e. The summed E-state index contributed by atoms with van der Waals surface area (Å²) in [5.41, 5.74) is 3.86. The molecule has 1 aliphatic rings. The quantitative estimate of drug-likeness (QED) is 0.779. The molecule has 0 radical (unpaired) electrons. The number of aromatic amines is 1. The van der Waals surface area contributed by atoms with Crippen LogP contribution in [-0.4, -0.2) is 21.4 Å². The van der Waals surface area contributed by atoms with Crippen LogP contribution in [0.3, 0.4) is 0 Å². The number of aromatic nitrogens is 2. The molecule has 2 aromatic carbocycles. The molecule has 1 aromatic heterocycles. The average Bonchev–Trinajstić information content (AvgIpc) is 2.95. The Labute approximate surface area is 133 Å². The van der Waals surface area contributed by atoms with Crippen molar-refractivity contribution in [2.75, 3.05) is 0 Å². The van der Waals surface area contributed by atoms with Crippen molar-refractivity contribution >= 4 is 16.6 Å². The molecular formula is C18H16N2O3. The highest BCUT2D eigenvalue weighted by molar-refractivity contribution is 5.74. The molecule has 23 heavy (non-hydrogen) atoms. The molecule has 1 atom stereocenters. The second kappa shape index (κ2) is 5.44. The first-order valence-corrected chi connectivity index (χ1v) is 7.43. The van der Waals surface area contributed by atoms with Crippen LogP contribution in [0.4, 0.5) is 0 Å². The molecule has 0 saturated heterocycles. The van der Waals surface area contributed by atoms with Gasteiger partial charge in [0.2, 0.25) is 6.29 Å². The number of fused-ring (bicyclic) bond motifs is 2. The van der Waals surface area contributed by atoms with Gasteiger partial charge >= 0.3 is 0 Å². The Morgan fingerprint density at radius 1 is 1.26 bits per heavy atom. The number of nitrogens with zero attached hydrogens (tertiary/aromatic N) is 1. The van der Waals surface area contributed by atoms with Crippen LogP contribution < -0.4 is 9.47 Å². The van der Waals surface area contributed by atoms with Crippen molar-refractivity contribution in [3.63, 3.8) is 0 Å². The van der Waals surface area contributed by atoms with Crippen molar-refractivity contribution in [1.29, 1.82) is 0 Å². The van der Waals surface area contributed by atoms with Crippen LogP contribution in [0.2, 0.25) is 0 Å². The molecule has 4 rings (SSSR count). The van der Waals surface area contributed by atoms with Gasteiger partial charge in [-0.3, -0.25) is 0 Å². The summed E-state index contributed by atoms with van der Waals surface area (Å²) in [6, 6.07) is 13.5. The lowest BCUT2D eigenvalue weighted by Crippen LogP contribution is -2.17. The van der Waals surface area contributed by atoms with E-state index in [1.807, 2.05) is 43.3 Å². The maximum absolute atomic E-state index is 9.65. The number of hydrogen-bond donors (Lipinski definition) is 2. The maximum Gasteiger partial charge on any atom is 0.217 e. The van der Waals surface area contributed by atoms with E-state index in [-0.39, 0.29) is 0 Å². The van der Waals surface area contributed by atoms with Crippen molar-refractivity contribution in [2.45, 2.75) is 19.8 Å². The lowest BCUT2D eigenvalue weighted by Gasteiger charge is -2.21. The third-order valence-corrected chi connectivity index (χ3v) is 3.83. The van der Waals surface area contributed by atoms with Crippen molar-refractivity contribution in [3.8, 4) is 11.5 Å². The third kappa shape index (κ3) is 2.66. The number of nitrogens with one attached hydrogen (secondary N) is 1. The maximum atomic E-state index is 9.65. The molecule has 0 saturated carbocycles. The van der Waals surface area contributed by atoms with Gasteiger partial charge < -0.3 is 19.6 Å². The number of imidazole rings is 1. The van der Waals surface area contributed by atoms with E-state index in [2.05, 4.69) is 9.97 Å². The normalized spacial score (nSPS) is 16.6. The molecule has 2 heterocycles. The van der Waals surface area contributed by atoms with Gasteiger partial charge in [-0.25, -0.2) is 4.98 Å². The highest BCUT2D eigenvalue weighted by Gasteiger charge is 2.17. The zero-order valence-electron chi connectivity index (χ0n) is 12.6. The first kappa shape index (κ1) is 13.8. The van der Waals surface area contributed by atoms with Gasteiger partial charge in [-0.05, 0) is 42.8 Å². The Morgan fingerprint density at radius 2 is 2.13 bits per heavy atom. The molecule has 2 N–H and O–H groups in total. The highest BCUT2D eigenvalue weighted by atomic mass is 16.6. The van der Waals surface area contributed by atoms with Gasteiger partial charge in [0.25, 0.3) is 0 Å². The predicted molar refractivity (Wildman–Crippen MR) is 87.2 cm³/mol. The van der Waals surface area contributed by atoms with E-state index < -0.39 is 6.29 Å². The Bertz CT molecular complexity index is 865. The summed E-state index contributed by atoms with van der Waals surface area (Å²) in [7, 11) is 0. The Balaban J connectivity index is 1.53. The standard InChI is InChI=1S/C18H16N2O3/c1-11-8-18(21)23-16-9-12(6-7-13(11)16)22-10-17-19-14-4-2-3-5-15(14)20-17/h2-9,18,21H,10H2,1H3,(H,19,20). The summed E-state index contributed by atoms with van der Waals surface area (Å²) in [6.07, 6.45) is 0.769. The molecular weight excluding hydrogens is 292 g/mol. The number of rotatable bonds is 3. The number of allylic oxidation sites excluding steroid dienone is 1. The van der Waals surface area contributed by atoms with Gasteiger partial charge in [0.05, 0.1) is 11.0 Å². The predicted octanol–water partition coefficient (Wildman–Crippen LogP) is 3.26. The monoisotopic (exact) mass is 308 g/mol. The molecule has 3 aromatic rings. The van der Waals surface area contributed by atoms with Crippen LogP contribution in [0.5, 0.6) is 11.5 Å². The average molecular weight is 308 g/mol. The van der Waals surface area contributed by atoms with Crippen molar-refractivity contribution < 1.29 is 14.6 Å². The topological polar surface area (TPSA) is 67.4 Å². The van der Waals surface area contributed by atoms with Crippen molar-refractivity contribution in [1.82, 2.24) is 9.97 Å². The van der Waals surface area contributed by atoms with Gasteiger partial charge in [0, 0.05) is 11.6 Å². The molecule has 116 valence electrons. The Hall–Kier alpha value is -2.79. The number of hydrogen-bond acceptors (Lipinski definition) is 4. The first-order chi connectivity index (χ1) is 11.2. The summed E-state index contributed by atoms with van der Waals surface area (Å²) in [5.74, 6) is 2.06. The van der Waals surface area contributed by atoms with E-state index in [0.29, 0.717) is 18.1 Å². The van der Waals surface area contributed by atoms with E-state index >= 15 is 0 Å². The fraction of sp³-hybridized carbons (Fsp3) is 0.167. The van der Waals surface area contributed by atoms with Crippen LogP contribution >= 0.6 is 0 Å². The SMILES string of the molecule is CC1=CC(O)Oc2cc(OCc3nc4ccccc4[nH]3)ccc21. The van der Waals surface area contributed by atoms with E-state index in [1.165, 1.54) is 0 Å². The largest absolute Gasteiger partial charge is 0.486 e. The Kier molecular flexibility index (Phi) is 3.28. The minimum absolute atomic E-state index is 0.338. The zero-order chi connectivity index (χ0) is 15.8. The van der Waals surface area contributed by atoms with Crippen LogP contribution in [0.25, 0.3) is 16.6 Å². The van der Waals surface area contributed by atoms with E-state index in [0.717, 1.165) is 28.0 Å². The second-order valence-electron chi connectivity index (χ2n) is 5.51. The van der Waals surface area contributed by atoms with Gasteiger partial charge in [-0.2, -0.15) is 0 Å². The fourth-order valence-corrected chi connectivity index (χ4v) is 2.71. The molecule has 1 aliphatic heterocycles. The van der Waals surface area contributed by atoms with Crippen LogP contribution in [0.1, 0.15) is 18.3 Å². The number of H-pyrrole nitrogens is 1. The van der Waals surface area contributed by atoms with Gasteiger partial charge in [0.15, 0.2) is 0 Å². The lowest BCUT2D eigenvalue weighted by molar-refractivity contribution is 0.0223. The highest BCUT2D eigenvalue weighted by Crippen LogP contribution is 2.34. The molecule has 0 bridgehead atoms. The van der Waals surface area contributed by atoms with Gasteiger partial charge in [0.1, 0.15) is 23.9 Å². The third-order valence-electron chi connectivity index (χ3n) is 3.83. The molecule has 5 nitrogen and oxygen atoms in total. The molecule has 0 aliphatic carbocycles. The molecule has 5 heteroatoms. The van der Waals surface area contributed by atoms with E-state index in [9.17, 15) is 5.11 Å². The molecule has 0 fully saturated rings. The smallest absolute Gasteiger partial charge is 0.217 e. The van der Waals surface area contributed by atoms with Gasteiger partial charge in [-0.15, -0.1) is 0 Å². The van der Waals surface area contributed by atoms with Crippen molar-refractivity contribution in [3.05, 3.63) is 59.9 Å². The van der Waals surface area contributed by atoms with Gasteiger partial charge in [-0.1, -0.05) is 12.1 Å². The van der Waals surface area contributed by atoms with Crippen molar-refractivity contribution in [2.24, 2.45) is 0 Å². The summed E-state index contributed by atoms with van der Waals surface area (Å²) in [5, 5.41) is 9.65. The fourth-order valence-electron chi connectivity index (χ4n) is 2.71. The zero-order valence-corrected chi connectivity index (χ0v) is 12.6. The van der Waals surface area contributed by atoms with Crippen LogP contribution in [-0.2, 0) is 6.61 Å². The molecule has 0 spiro atoms. The first-order valence-electron chi connectivity index (χ1n) is 7.43. The number of aliphatic hydroxyl groups is 1. The summed E-state index contributed by atoms with van der Waals surface area (Å²) in [6.45, 7) is 2.28. The lowest BCUT2D eigenvalue weighted by atomic mass is 10.0. The van der Waals surface area contributed by atoms with Crippen LogP contribution in [0, 0.1) is 0 Å². The molecule has 0 amide bonds. The second-order valence-corrected chi connectivity index (χ2v) is 5.51. The number of aliphatic hydroxyl groups excluding tert-OH is 1. The Morgan fingerprint density at radius 3 is 3.00 bits per heavy atom. The summed E-state index contributed by atoms with van der Waals surface area (Å²) < 4.78 is 11.2.